The standard InChI is InChI=1S/C37H38N6O5S/c1-2-17-41-25-34(45)42-32(20-26-13-15-30(44)16-14-26)36(47)40(24-33(42)43(41)37(48)39-21-27-8-4-3-5-9-27)23-28-10-6-11-29(19-28)35(46)38-22-31-12-7-18-49-31/h2-16,18-19,32-33,44H,1,17,20-25H2,(H,38,46)(H,39,48)/t32-,33-/m0/s1. The molecule has 1 aromatic heterocycles. The summed E-state index contributed by atoms with van der Waals surface area (Å²) in [5, 5.41) is 20.9. The van der Waals surface area contributed by atoms with Gasteiger partial charge in [0, 0.05) is 36.5 Å². The first-order valence-corrected chi connectivity index (χ1v) is 16.9. The van der Waals surface area contributed by atoms with Crippen molar-refractivity contribution in [2.45, 2.75) is 38.3 Å². The van der Waals surface area contributed by atoms with Crippen molar-refractivity contribution in [3.8, 4) is 5.75 Å². The van der Waals surface area contributed by atoms with Gasteiger partial charge in [0.2, 0.25) is 11.8 Å². The van der Waals surface area contributed by atoms with E-state index >= 15 is 0 Å². The Hall–Kier alpha value is -5.46. The quantitative estimate of drug-likeness (QED) is 0.205. The van der Waals surface area contributed by atoms with E-state index in [0.29, 0.717) is 12.1 Å². The first kappa shape index (κ1) is 33.4. The minimum absolute atomic E-state index is 0.0534. The molecule has 0 radical (unpaired) electrons. The lowest BCUT2D eigenvalue weighted by Crippen LogP contribution is -2.76. The fourth-order valence-corrected chi connectivity index (χ4v) is 6.91. The molecule has 0 bridgehead atoms. The van der Waals surface area contributed by atoms with Crippen molar-refractivity contribution in [1.82, 2.24) is 30.5 Å². The smallest absolute Gasteiger partial charge is 0.334 e. The van der Waals surface area contributed by atoms with Gasteiger partial charge in [0.15, 0.2) is 0 Å². The second-order valence-electron chi connectivity index (χ2n) is 12.0. The largest absolute Gasteiger partial charge is 0.508 e. The number of piperazine rings is 1. The SMILES string of the molecule is C=CCN1CC(=O)N2[C@@H](Cc3ccc(O)cc3)C(=O)N(Cc3cccc(C(=O)NCc4cccs4)c3)C[C@@H]2N1C(=O)NCc1ccccc1. The molecule has 4 aromatic rings. The number of rotatable bonds is 11. The summed E-state index contributed by atoms with van der Waals surface area (Å²) in [5.74, 6) is -0.684. The second-order valence-corrected chi connectivity index (χ2v) is 13.0. The number of hydrazine groups is 1. The van der Waals surface area contributed by atoms with Gasteiger partial charge in [-0.3, -0.25) is 14.4 Å². The van der Waals surface area contributed by atoms with Gasteiger partial charge >= 0.3 is 6.03 Å². The summed E-state index contributed by atoms with van der Waals surface area (Å²) in [5.41, 5.74) is 2.87. The second kappa shape index (κ2) is 15.2. The lowest BCUT2D eigenvalue weighted by Gasteiger charge is -2.55. The van der Waals surface area contributed by atoms with Crippen LogP contribution in [0.3, 0.4) is 0 Å². The number of urea groups is 1. The van der Waals surface area contributed by atoms with E-state index in [9.17, 15) is 24.3 Å². The van der Waals surface area contributed by atoms with Gasteiger partial charge in [-0.25, -0.2) is 14.8 Å². The number of carbonyl (C=O) groups excluding carboxylic acids is 4. The number of aromatic hydroxyl groups is 1. The number of hydrogen-bond acceptors (Lipinski definition) is 7. The van der Waals surface area contributed by atoms with Gasteiger partial charge in [-0.05, 0) is 52.4 Å². The van der Waals surface area contributed by atoms with Crippen LogP contribution in [0, 0.1) is 0 Å². The van der Waals surface area contributed by atoms with Crippen LogP contribution in [0.25, 0.3) is 0 Å². The van der Waals surface area contributed by atoms with Crippen LogP contribution in [0.1, 0.15) is 31.9 Å². The fourth-order valence-electron chi connectivity index (χ4n) is 6.27. The number of phenols is 1. The highest BCUT2D eigenvalue weighted by atomic mass is 32.1. The van der Waals surface area contributed by atoms with Crippen LogP contribution in [-0.4, -0.2) is 80.5 Å². The average molecular weight is 679 g/mol. The highest BCUT2D eigenvalue weighted by molar-refractivity contribution is 7.09. The van der Waals surface area contributed by atoms with Crippen molar-refractivity contribution in [3.63, 3.8) is 0 Å². The van der Waals surface area contributed by atoms with E-state index in [2.05, 4.69) is 17.2 Å². The summed E-state index contributed by atoms with van der Waals surface area (Å²) < 4.78 is 0. The van der Waals surface area contributed by atoms with Crippen LogP contribution in [0.2, 0.25) is 0 Å². The molecule has 252 valence electrons. The Labute approximate surface area is 289 Å². The topological polar surface area (TPSA) is 126 Å². The number of benzene rings is 3. The zero-order valence-corrected chi connectivity index (χ0v) is 27.7. The molecule has 0 spiro atoms. The highest BCUT2D eigenvalue weighted by Crippen LogP contribution is 2.30. The number of fused-ring (bicyclic) bond motifs is 1. The van der Waals surface area contributed by atoms with E-state index in [1.165, 1.54) is 9.91 Å². The predicted octanol–water partition coefficient (Wildman–Crippen LogP) is 4.12. The molecule has 12 heteroatoms. The van der Waals surface area contributed by atoms with Crippen LogP contribution < -0.4 is 10.6 Å². The van der Waals surface area contributed by atoms with E-state index in [1.54, 1.807) is 69.8 Å². The van der Waals surface area contributed by atoms with Crippen molar-refractivity contribution in [2.75, 3.05) is 19.6 Å². The van der Waals surface area contributed by atoms with Crippen molar-refractivity contribution in [3.05, 3.63) is 136 Å². The van der Waals surface area contributed by atoms with Crippen LogP contribution in [0.4, 0.5) is 4.79 Å². The third kappa shape index (κ3) is 7.82. The number of amides is 5. The molecule has 11 nitrogen and oxygen atoms in total. The Morgan fingerprint density at radius 3 is 2.41 bits per heavy atom. The van der Waals surface area contributed by atoms with E-state index in [4.69, 9.17) is 0 Å². The van der Waals surface area contributed by atoms with Gasteiger partial charge < -0.3 is 25.5 Å². The molecule has 49 heavy (non-hydrogen) atoms. The van der Waals surface area contributed by atoms with Crippen molar-refractivity contribution in [2.24, 2.45) is 0 Å². The Kier molecular flexibility index (Phi) is 10.4. The maximum atomic E-state index is 14.3. The number of nitrogens with one attached hydrogen (secondary N) is 2. The monoisotopic (exact) mass is 678 g/mol. The summed E-state index contributed by atoms with van der Waals surface area (Å²) in [6.45, 7) is 4.89. The number of hydrogen-bond donors (Lipinski definition) is 3. The number of nitrogens with zero attached hydrogens (tertiary/aromatic N) is 4. The van der Waals surface area contributed by atoms with Gasteiger partial charge in [-0.2, -0.15) is 0 Å². The molecule has 0 aliphatic carbocycles. The van der Waals surface area contributed by atoms with Gasteiger partial charge in [-0.1, -0.05) is 66.7 Å². The van der Waals surface area contributed by atoms with Crippen molar-refractivity contribution in [1.29, 1.82) is 0 Å². The summed E-state index contributed by atoms with van der Waals surface area (Å²) in [7, 11) is 0. The van der Waals surface area contributed by atoms with Gasteiger partial charge in [0.1, 0.15) is 18.0 Å². The first-order valence-electron chi connectivity index (χ1n) is 16.0. The minimum atomic E-state index is -0.914. The molecule has 2 aliphatic heterocycles. The normalized spacial score (nSPS) is 17.8. The van der Waals surface area contributed by atoms with Crippen LogP contribution in [0.15, 0.2) is 109 Å². The van der Waals surface area contributed by atoms with E-state index in [0.717, 1.165) is 21.6 Å². The summed E-state index contributed by atoms with van der Waals surface area (Å²) in [6.07, 6.45) is 1.01. The molecule has 2 aliphatic rings. The average Bonchev–Trinajstić information content (AvgIpc) is 3.63. The van der Waals surface area contributed by atoms with Gasteiger partial charge in [0.05, 0.1) is 19.6 Å². The lowest BCUT2D eigenvalue weighted by atomic mass is 9.98. The zero-order chi connectivity index (χ0) is 34.3. The molecule has 2 saturated heterocycles. The van der Waals surface area contributed by atoms with Crippen molar-refractivity contribution >= 4 is 35.1 Å². The number of carbonyl (C=O) groups is 4. The van der Waals surface area contributed by atoms with Crippen LogP contribution in [0.5, 0.6) is 5.75 Å². The molecule has 3 N–H and O–H groups in total. The Balaban J connectivity index is 1.29. The molecule has 3 heterocycles. The molecule has 3 aromatic carbocycles. The molecule has 2 fully saturated rings. The van der Waals surface area contributed by atoms with E-state index < -0.39 is 18.2 Å². The van der Waals surface area contributed by atoms with Crippen LogP contribution in [-0.2, 0) is 35.6 Å². The summed E-state index contributed by atoms with van der Waals surface area (Å²) in [6, 6.07) is 25.7. The van der Waals surface area contributed by atoms with Gasteiger partial charge in [-0.15, -0.1) is 17.9 Å². The molecule has 2 atom stereocenters. The predicted molar refractivity (Wildman–Crippen MR) is 186 cm³/mol. The molecule has 0 saturated carbocycles. The summed E-state index contributed by atoms with van der Waals surface area (Å²) in [4.78, 5) is 59.3. The lowest BCUT2D eigenvalue weighted by molar-refractivity contribution is -0.189. The van der Waals surface area contributed by atoms with E-state index in [-0.39, 0.29) is 62.6 Å². The molecule has 6 rings (SSSR count). The highest BCUT2D eigenvalue weighted by Gasteiger charge is 2.51. The molecule has 0 unspecified atom stereocenters. The number of phenolic OH excluding ortho intramolecular Hbond substituents is 1. The zero-order valence-electron chi connectivity index (χ0n) is 26.9. The maximum Gasteiger partial charge on any atom is 0.334 e. The van der Waals surface area contributed by atoms with E-state index in [1.807, 2.05) is 53.9 Å². The van der Waals surface area contributed by atoms with Crippen LogP contribution >= 0.6 is 11.3 Å². The molecular formula is C37H38N6O5S. The summed E-state index contributed by atoms with van der Waals surface area (Å²) >= 11 is 1.56. The fraction of sp³-hybridized carbons (Fsp3) is 0.243. The third-order valence-electron chi connectivity index (χ3n) is 8.60. The number of thiophene rings is 1. The Morgan fingerprint density at radius 2 is 1.67 bits per heavy atom. The maximum absolute atomic E-state index is 14.3. The van der Waals surface area contributed by atoms with Gasteiger partial charge in [0.25, 0.3) is 5.91 Å². The minimum Gasteiger partial charge on any atom is -0.508 e. The molecule has 5 amide bonds. The molecular weight excluding hydrogens is 641 g/mol. The Morgan fingerprint density at radius 1 is 0.898 bits per heavy atom. The van der Waals surface area contributed by atoms with Crippen molar-refractivity contribution < 1.29 is 24.3 Å². The first-order chi connectivity index (χ1) is 23.8. The Bertz CT molecular complexity index is 1800. The third-order valence-corrected chi connectivity index (χ3v) is 9.47.